The van der Waals surface area contributed by atoms with Crippen molar-refractivity contribution in [2.75, 3.05) is 5.73 Å². The van der Waals surface area contributed by atoms with Gasteiger partial charge in [-0.25, -0.2) is 4.98 Å². The van der Waals surface area contributed by atoms with Gasteiger partial charge < -0.3 is 10.5 Å². The lowest BCUT2D eigenvalue weighted by molar-refractivity contribution is 0.464. The van der Waals surface area contributed by atoms with Crippen LogP contribution < -0.4 is 10.5 Å². The van der Waals surface area contributed by atoms with E-state index in [1.165, 1.54) is 30.4 Å². The molecule has 0 saturated heterocycles. The van der Waals surface area contributed by atoms with E-state index in [-0.39, 0.29) is 0 Å². The van der Waals surface area contributed by atoms with Crippen LogP contribution in [0.1, 0.15) is 24.0 Å². The van der Waals surface area contributed by atoms with Gasteiger partial charge in [0.25, 0.3) is 0 Å². The summed E-state index contributed by atoms with van der Waals surface area (Å²) in [5.41, 5.74) is 9.25. The van der Waals surface area contributed by atoms with Crippen LogP contribution >= 0.6 is 15.9 Å². The van der Waals surface area contributed by atoms with Crippen LogP contribution in [0.15, 0.2) is 34.9 Å². The van der Waals surface area contributed by atoms with Gasteiger partial charge >= 0.3 is 0 Å². The van der Waals surface area contributed by atoms with E-state index in [0.29, 0.717) is 11.6 Å². The van der Waals surface area contributed by atoms with E-state index < -0.39 is 0 Å². The average Bonchev–Trinajstić information content (AvgIpc) is 2.42. The zero-order valence-electron chi connectivity index (χ0n) is 10.5. The number of nitrogen functional groups attached to an aromatic ring is 1. The monoisotopic (exact) mass is 318 g/mol. The molecule has 0 aliphatic heterocycles. The Morgan fingerprint density at radius 1 is 1.11 bits per heavy atom. The van der Waals surface area contributed by atoms with Gasteiger partial charge in [-0.15, -0.1) is 0 Å². The average molecular weight is 319 g/mol. The van der Waals surface area contributed by atoms with Crippen molar-refractivity contribution >= 4 is 21.6 Å². The maximum Gasteiger partial charge on any atom is 0.242 e. The van der Waals surface area contributed by atoms with Crippen molar-refractivity contribution in [3.63, 3.8) is 0 Å². The summed E-state index contributed by atoms with van der Waals surface area (Å²) in [5, 5.41) is 0. The first-order chi connectivity index (χ1) is 9.22. The van der Waals surface area contributed by atoms with Gasteiger partial charge in [0.1, 0.15) is 5.75 Å². The highest BCUT2D eigenvalue weighted by Crippen LogP contribution is 2.30. The quantitative estimate of drug-likeness (QED) is 0.906. The summed E-state index contributed by atoms with van der Waals surface area (Å²) < 4.78 is 6.62. The van der Waals surface area contributed by atoms with Gasteiger partial charge in [0.2, 0.25) is 5.88 Å². The molecule has 1 aliphatic carbocycles. The summed E-state index contributed by atoms with van der Waals surface area (Å²) >= 11 is 3.33. The van der Waals surface area contributed by atoms with E-state index in [1.807, 2.05) is 6.07 Å². The minimum Gasteiger partial charge on any atom is -0.437 e. The number of aromatic nitrogens is 1. The second-order valence-electron chi connectivity index (χ2n) is 4.79. The van der Waals surface area contributed by atoms with Gasteiger partial charge in [-0.1, -0.05) is 6.07 Å². The summed E-state index contributed by atoms with van der Waals surface area (Å²) in [5.74, 6) is 1.26. The lowest BCUT2D eigenvalue weighted by Gasteiger charge is -2.16. The summed E-state index contributed by atoms with van der Waals surface area (Å²) in [6, 6.07) is 8.05. The van der Waals surface area contributed by atoms with Gasteiger partial charge in [-0.3, -0.25) is 0 Å². The molecular formula is C15H15BrN2O. The lowest BCUT2D eigenvalue weighted by atomic mass is 9.92. The number of ether oxygens (including phenoxy) is 1. The molecule has 1 aromatic carbocycles. The SMILES string of the molecule is Nc1cc(Br)cnc1Oc1ccc2c(c1)CCCC2. The van der Waals surface area contributed by atoms with E-state index >= 15 is 0 Å². The molecule has 3 rings (SSSR count). The van der Waals surface area contributed by atoms with Gasteiger partial charge in [-0.2, -0.15) is 0 Å². The summed E-state index contributed by atoms with van der Waals surface area (Å²) in [6.07, 6.45) is 6.54. The van der Waals surface area contributed by atoms with Crippen LogP contribution in [0.3, 0.4) is 0 Å². The van der Waals surface area contributed by atoms with Crippen LogP contribution in [0.2, 0.25) is 0 Å². The highest BCUT2D eigenvalue weighted by atomic mass is 79.9. The van der Waals surface area contributed by atoms with E-state index in [0.717, 1.165) is 16.6 Å². The molecule has 1 aliphatic rings. The van der Waals surface area contributed by atoms with Crippen molar-refractivity contribution < 1.29 is 4.74 Å². The molecule has 2 N–H and O–H groups in total. The van der Waals surface area contributed by atoms with E-state index in [9.17, 15) is 0 Å². The number of benzene rings is 1. The van der Waals surface area contributed by atoms with Gasteiger partial charge in [0.15, 0.2) is 0 Å². The molecule has 2 aromatic rings. The smallest absolute Gasteiger partial charge is 0.242 e. The third-order valence-corrected chi connectivity index (χ3v) is 3.81. The van der Waals surface area contributed by atoms with Crippen LogP contribution in [0.5, 0.6) is 11.6 Å². The summed E-state index contributed by atoms with van der Waals surface area (Å²) in [7, 11) is 0. The van der Waals surface area contributed by atoms with Crippen molar-refractivity contribution in [2.45, 2.75) is 25.7 Å². The van der Waals surface area contributed by atoms with Crippen LogP contribution in [0.4, 0.5) is 5.69 Å². The molecule has 1 aromatic heterocycles. The highest BCUT2D eigenvalue weighted by molar-refractivity contribution is 9.10. The number of rotatable bonds is 2. The van der Waals surface area contributed by atoms with E-state index in [4.69, 9.17) is 10.5 Å². The molecule has 19 heavy (non-hydrogen) atoms. The molecule has 0 saturated carbocycles. The van der Waals surface area contributed by atoms with Gasteiger partial charge in [0.05, 0.1) is 5.69 Å². The number of hydrogen-bond donors (Lipinski definition) is 1. The predicted molar refractivity (Wildman–Crippen MR) is 79.5 cm³/mol. The molecule has 0 unspecified atom stereocenters. The Hall–Kier alpha value is -1.55. The molecule has 4 heteroatoms. The Balaban J connectivity index is 1.87. The summed E-state index contributed by atoms with van der Waals surface area (Å²) in [6.45, 7) is 0. The van der Waals surface area contributed by atoms with Gasteiger partial charge in [-0.05, 0) is 70.9 Å². The Labute approximate surface area is 120 Å². The molecule has 3 nitrogen and oxygen atoms in total. The number of anilines is 1. The molecule has 0 atom stereocenters. The molecular weight excluding hydrogens is 304 g/mol. The topological polar surface area (TPSA) is 48.1 Å². The van der Waals surface area contributed by atoms with E-state index in [1.54, 1.807) is 12.3 Å². The molecule has 0 spiro atoms. The summed E-state index contributed by atoms with van der Waals surface area (Å²) in [4.78, 5) is 4.19. The van der Waals surface area contributed by atoms with Crippen molar-refractivity contribution in [1.82, 2.24) is 4.98 Å². The maximum absolute atomic E-state index is 5.89. The number of nitrogens with two attached hydrogens (primary N) is 1. The first kappa shape index (κ1) is 12.5. The second kappa shape index (κ2) is 5.21. The Morgan fingerprint density at radius 3 is 2.68 bits per heavy atom. The fourth-order valence-corrected chi connectivity index (χ4v) is 2.76. The minimum absolute atomic E-state index is 0.457. The molecule has 98 valence electrons. The number of hydrogen-bond acceptors (Lipinski definition) is 3. The fraction of sp³-hybridized carbons (Fsp3) is 0.267. The fourth-order valence-electron chi connectivity index (χ4n) is 2.41. The van der Waals surface area contributed by atoms with Gasteiger partial charge in [0, 0.05) is 10.7 Å². The molecule has 0 fully saturated rings. The standard InChI is InChI=1S/C15H15BrN2O/c16-12-8-14(17)15(18-9-12)19-13-6-5-10-3-1-2-4-11(10)7-13/h5-9H,1-4,17H2. The molecule has 0 bridgehead atoms. The highest BCUT2D eigenvalue weighted by Gasteiger charge is 2.11. The molecule has 0 radical (unpaired) electrons. The van der Waals surface area contributed by atoms with Crippen LogP contribution in [0.25, 0.3) is 0 Å². The van der Waals surface area contributed by atoms with Crippen LogP contribution in [-0.4, -0.2) is 4.98 Å². The molecule has 0 amide bonds. The Kier molecular flexibility index (Phi) is 3.42. The predicted octanol–water partition coefficient (Wildman–Crippen LogP) is 4.10. The number of halogens is 1. The van der Waals surface area contributed by atoms with E-state index in [2.05, 4.69) is 33.0 Å². The van der Waals surface area contributed by atoms with Crippen molar-refractivity contribution in [1.29, 1.82) is 0 Å². The van der Waals surface area contributed by atoms with Crippen LogP contribution in [0, 0.1) is 0 Å². The first-order valence-corrected chi connectivity index (χ1v) is 7.22. The Bertz CT molecular complexity index is 613. The zero-order chi connectivity index (χ0) is 13.2. The normalized spacial score (nSPS) is 13.9. The first-order valence-electron chi connectivity index (χ1n) is 6.43. The molecule has 1 heterocycles. The second-order valence-corrected chi connectivity index (χ2v) is 5.70. The van der Waals surface area contributed by atoms with Crippen molar-refractivity contribution in [3.05, 3.63) is 46.1 Å². The number of aryl methyl sites for hydroxylation is 2. The van der Waals surface area contributed by atoms with Crippen molar-refractivity contribution in [3.8, 4) is 11.6 Å². The Morgan fingerprint density at radius 2 is 1.89 bits per heavy atom. The third kappa shape index (κ3) is 2.73. The number of nitrogens with zero attached hydrogens (tertiary/aromatic N) is 1. The third-order valence-electron chi connectivity index (χ3n) is 3.38. The lowest BCUT2D eigenvalue weighted by Crippen LogP contribution is -2.02. The van der Waals surface area contributed by atoms with Crippen LogP contribution in [-0.2, 0) is 12.8 Å². The number of fused-ring (bicyclic) bond motifs is 1. The largest absolute Gasteiger partial charge is 0.437 e. The van der Waals surface area contributed by atoms with Crippen molar-refractivity contribution in [2.24, 2.45) is 0 Å². The minimum atomic E-state index is 0.457. The zero-order valence-corrected chi connectivity index (χ0v) is 12.1. The number of pyridine rings is 1. The maximum atomic E-state index is 5.89.